The van der Waals surface area contributed by atoms with Crippen LogP contribution in [-0.4, -0.2) is 47.1 Å². The van der Waals surface area contributed by atoms with Gasteiger partial charge in [-0.1, -0.05) is 44.0 Å². The Morgan fingerprint density at radius 2 is 1.77 bits per heavy atom. The molecule has 0 fully saturated rings. The van der Waals surface area contributed by atoms with Crippen LogP contribution in [0.2, 0.25) is 10.0 Å². The summed E-state index contributed by atoms with van der Waals surface area (Å²) in [5, 5.41) is 3.28. The molecule has 11 heteroatoms. The monoisotopic (exact) mass is 525 g/mol. The molecule has 9 nitrogen and oxygen atoms in total. The normalized spacial score (nSPS) is 13.5. The lowest BCUT2D eigenvalue weighted by molar-refractivity contribution is -0.151. The summed E-state index contributed by atoms with van der Waals surface area (Å²) in [6, 6.07) is 2.00. The molecule has 0 saturated heterocycles. The van der Waals surface area contributed by atoms with Crippen molar-refractivity contribution >= 4 is 41.0 Å². The summed E-state index contributed by atoms with van der Waals surface area (Å²) in [7, 11) is 1.38. The zero-order chi connectivity index (χ0) is 26.3. The average Bonchev–Trinajstić information content (AvgIpc) is 2.77. The Labute approximate surface area is 214 Å². The van der Waals surface area contributed by atoms with Crippen LogP contribution in [0.5, 0.6) is 11.5 Å². The lowest BCUT2D eigenvalue weighted by atomic mass is 10.0. The van der Waals surface area contributed by atoms with E-state index in [1.807, 2.05) is 13.8 Å². The lowest BCUT2D eigenvalue weighted by Gasteiger charge is -2.23. The van der Waals surface area contributed by atoms with Gasteiger partial charge in [0.1, 0.15) is 12.1 Å². The number of halogens is 2. The molecule has 0 radical (unpaired) electrons. The van der Waals surface area contributed by atoms with Crippen molar-refractivity contribution in [1.82, 2.24) is 15.3 Å². The highest BCUT2D eigenvalue weighted by molar-refractivity contribution is 6.34. The molecule has 2 aromatic rings. The molecule has 2 aromatic heterocycles. The molecule has 1 amide bonds. The number of aromatic nitrogens is 2. The molecule has 2 unspecified atom stereocenters. The van der Waals surface area contributed by atoms with E-state index in [0.29, 0.717) is 15.7 Å². The number of methoxy groups -OCH3 is 1. The molecule has 0 aliphatic rings. The number of carbonyl (C=O) groups excluding carboxylic acids is 3. The Hall–Kier alpha value is -2.91. The fraction of sp³-hybridized carbons (Fsp3) is 0.458. The summed E-state index contributed by atoms with van der Waals surface area (Å²) in [6.07, 6.45) is 2.34. The predicted molar refractivity (Wildman–Crippen MR) is 131 cm³/mol. The molecular formula is C24H29Cl2N3O6. The van der Waals surface area contributed by atoms with Gasteiger partial charge in [-0.15, -0.1) is 0 Å². The van der Waals surface area contributed by atoms with Gasteiger partial charge in [0.05, 0.1) is 22.8 Å². The number of nitrogens with zero attached hydrogens (tertiary/aromatic N) is 2. The molecule has 35 heavy (non-hydrogen) atoms. The van der Waals surface area contributed by atoms with E-state index in [0.717, 1.165) is 0 Å². The van der Waals surface area contributed by atoms with Gasteiger partial charge in [0, 0.05) is 30.8 Å². The van der Waals surface area contributed by atoms with E-state index in [1.165, 1.54) is 32.5 Å². The highest BCUT2D eigenvalue weighted by Gasteiger charge is 2.28. The van der Waals surface area contributed by atoms with E-state index < -0.39 is 30.0 Å². The molecule has 2 rings (SSSR count). The highest BCUT2D eigenvalue weighted by Crippen LogP contribution is 2.31. The molecule has 0 bridgehead atoms. The number of amides is 1. The van der Waals surface area contributed by atoms with E-state index in [1.54, 1.807) is 19.9 Å². The number of rotatable bonds is 10. The van der Waals surface area contributed by atoms with Crippen LogP contribution in [-0.2, 0) is 14.3 Å². The van der Waals surface area contributed by atoms with Crippen LogP contribution in [0, 0.1) is 5.92 Å². The summed E-state index contributed by atoms with van der Waals surface area (Å²) in [6.45, 7) is 8.69. The van der Waals surface area contributed by atoms with Crippen LogP contribution >= 0.6 is 23.2 Å². The Morgan fingerprint density at radius 1 is 1.09 bits per heavy atom. The zero-order valence-electron chi connectivity index (χ0n) is 20.4. The number of esters is 2. The maximum absolute atomic E-state index is 12.9. The topological polar surface area (TPSA) is 117 Å². The average molecular weight is 526 g/mol. The second-order valence-corrected chi connectivity index (χ2v) is 9.25. The van der Waals surface area contributed by atoms with Crippen molar-refractivity contribution in [3.05, 3.63) is 46.0 Å². The third kappa shape index (κ3) is 7.80. The second-order valence-electron chi connectivity index (χ2n) is 8.41. The van der Waals surface area contributed by atoms with Crippen LogP contribution in [0.4, 0.5) is 0 Å². The molecule has 0 spiro atoms. The van der Waals surface area contributed by atoms with E-state index in [9.17, 15) is 14.4 Å². The number of hydrogen-bond donors (Lipinski definition) is 1. The summed E-state index contributed by atoms with van der Waals surface area (Å²) >= 11 is 12.1. The number of ether oxygens (including phenoxy) is 3. The smallest absolute Gasteiger partial charge is 0.328 e. The van der Waals surface area contributed by atoms with Gasteiger partial charge in [-0.3, -0.25) is 14.6 Å². The number of hydrogen-bond acceptors (Lipinski definition) is 8. The minimum absolute atomic E-state index is 0.0552. The summed E-state index contributed by atoms with van der Waals surface area (Å²) < 4.78 is 16.1. The molecule has 0 aromatic carbocycles. The molecule has 3 atom stereocenters. The molecule has 0 aliphatic heterocycles. The van der Waals surface area contributed by atoms with E-state index in [-0.39, 0.29) is 35.4 Å². The molecule has 0 aliphatic carbocycles. The van der Waals surface area contributed by atoms with Gasteiger partial charge in [-0.2, -0.15) is 0 Å². The van der Waals surface area contributed by atoms with E-state index in [4.69, 9.17) is 37.4 Å². The van der Waals surface area contributed by atoms with Gasteiger partial charge in [0.15, 0.2) is 11.4 Å². The largest absolute Gasteiger partial charge is 0.493 e. The Morgan fingerprint density at radius 3 is 2.37 bits per heavy atom. The highest BCUT2D eigenvalue weighted by atomic mass is 35.5. The van der Waals surface area contributed by atoms with E-state index in [2.05, 4.69) is 15.3 Å². The summed E-state index contributed by atoms with van der Waals surface area (Å²) in [5.74, 6) is -2.19. The minimum atomic E-state index is -1.03. The maximum atomic E-state index is 12.9. The number of pyridine rings is 2. The lowest BCUT2D eigenvalue weighted by Crippen LogP contribution is -2.41. The van der Waals surface area contributed by atoms with Gasteiger partial charge >= 0.3 is 11.9 Å². The second kappa shape index (κ2) is 12.7. The Kier molecular flexibility index (Phi) is 10.3. The number of carbonyl (C=O) groups is 3. The maximum Gasteiger partial charge on any atom is 0.328 e. The van der Waals surface area contributed by atoms with Crippen molar-refractivity contribution in [3.63, 3.8) is 0 Å². The van der Waals surface area contributed by atoms with Crippen LogP contribution in [0.3, 0.4) is 0 Å². The SMILES string of the molecule is COc1ccnc(C(=O)NC(C)C(=O)O[C@@H](C)C(C)c2ncc(Cl)cc2Cl)c1OC(=O)CC(C)C. The summed E-state index contributed by atoms with van der Waals surface area (Å²) in [5.41, 5.74) is 0.334. The first-order chi connectivity index (χ1) is 16.4. The standard InChI is InChI=1S/C24H29Cl2N3O6/c1-12(2)9-19(30)35-22-18(33-6)7-8-27-21(22)23(31)29-14(4)24(32)34-15(5)13(3)20-17(26)10-16(25)11-28-20/h7-8,10-15H,9H2,1-6H3,(H,29,31)/t13?,14?,15-/m0/s1. The molecular weight excluding hydrogens is 497 g/mol. The van der Waals surface area contributed by atoms with Crippen molar-refractivity contribution in [1.29, 1.82) is 0 Å². The third-order valence-electron chi connectivity index (χ3n) is 5.07. The van der Waals surface area contributed by atoms with Crippen LogP contribution in [0.15, 0.2) is 24.5 Å². The predicted octanol–water partition coefficient (Wildman–Crippen LogP) is 4.60. The van der Waals surface area contributed by atoms with Crippen molar-refractivity contribution in [2.45, 2.75) is 59.1 Å². The Bertz CT molecular complexity index is 1080. The van der Waals surface area contributed by atoms with Crippen molar-refractivity contribution in [2.75, 3.05) is 7.11 Å². The van der Waals surface area contributed by atoms with Crippen molar-refractivity contribution in [2.24, 2.45) is 5.92 Å². The minimum Gasteiger partial charge on any atom is -0.493 e. The zero-order valence-corrected chi connectivity index (χ0v) is 21.9. The quantitative estimate of drug-likeness (QED) is 0.447. The number of nitrogens with one attached hydrogen (secondary N) is 1. The van der Waals surface area contributed by atoms with Crippen molar-refractivity contribution < 1.29 is 28.6 Å². The van der Waals surface area contributed by atoms with Gasteiger partial charge in [-0.05, 0) is 25.8 Å². The first-order valence-corrected chi connectivity index (χ1v) is 11.8. The third-order valence-corrected chi connectivity index (χ3v) is 5.58. The van der Waals surface area contributed by atoms with Gasteiger partial charge in [0.25, 0.3) is 5.91 Å². The Balaban J connectivity index is 2.11. The summed E-state index contributed by atoms with van der Waals surface area (Å²) in [4.78, 5) is 46.0. The van der Waals surface area contributed by atoms with Crippen molar-refractivity contribution in [3.8, 4) is 11.5 Å². The van der Waals surface area contributed by atoms with Crippen LogP contribution in [0.25, 0.3) is 0 Å². The molecule has 2 heterocycles. The van der Waals surface area contributed by atoms with E-state index >= 15 is 0 Å². The molecule has 0 saturated carbocycles. The first-order valence-electron chi connectivity index (χ1n) is 11.0. The van der Waals surface area contributed by atoms with Gasteiger partial charge in [-0.25, -0.2) is 9.78 Å². The fourth-order valence-corrected chi connectivity index (χ4v) is 3.59. The molecule has 1 N–H and O–H groups in total. The van der Waals surface area contributed by atoms with Gasteiger partial charge in [0.2, 0.25) is 5.75 Å². The fourth-order valence-electron chi connectivity index (χ4n) is 3.03. The van der Waals surface area contributed by atoms with Crippen LogP contribution < -0.4 is 14.8 Å². The van der Waals surface area contributed by atoms with Crippen LogP contribution in [0.1, 0.15) is 63.1 Å². The first kappa shape index (κ1) is 28.3. The van der Waals surface area contributed by atoms with Gasteiger partial charge < -0.3 is 19.5 Å². The molecule has 190 valence electrons.